The zero-order valence-corrected chi connectivity index (χ0v) is 16.4. The van der Waals surface area contributed by atoms with Crippen molar-refractivity contribution < 1.29 is 14.3 Å². The van der Waals surface area contributed by atoms with Crippen LogP contribution in [0, 0.1) is 12.8 Å². The van der Waals surface area contributed by atoms with E-state index in [4.69, 9.17) is 9.47 Å². The molecule has 146 valence electrons. The predicted molar refractivity (Wildman–Crippen MR) is 110 cm³/mol. The molecule has 1 aromatic heterocycles. The van der Waals surface area contributed by atoms with Crippen LogP contribution in [0.1, 0.15) is 23.2 Å². The van der Waals surface area contributed by atoms with Crippen LogP contribution >= 0.6 is 0 Å². The van der Waals surface area contributed by atoms with Crippen molar-refractivity contribution in [3.63, 3.8) is 0 Å². The molecular weight excluding hydrogens is 352 g/mol. The summed E-state index contributed by atoms with van der Waals surface area (Å²) < 4.78 is 10.8. The standard InChI is InChI=1S/C23H26N2O3/c1-15-3-9-21-19(13-15)20-14-16(4-10-22(20)25-21)23(26)24-11-12-28-18-7-5-17(27-2)6-8-18/h3,5-9,13,16,25H,4,10-12,14H2,1-2H3,(H,24,26). The summed E-state index contributed by atoms with van der Waals surface area (Å²) in [4.78, 5) is 16.2. The number of nitrogens with one attached hydrogen (secondary N) is 2. The van der Waals surface area contributed by atoms with Gasteiger partial charge in [0.25, 0.3) is 0 Å². The molecule has 28 heavy (non-hydrogen) atoms. The summed E-state index contributed by atoms with van der Waals surface area (Å²) >= 11 is 0. The third kappa shape index (κ3) is 3.84. The first-order valence-electron chi connectivity index (χ1n) is 9.78. The van der Waals surface area contributed by atoms with Gasteiger partial charge in [-0.3, -0.25) is 4.79 Å². The molecule has 1 unspecified atom stereocenters. The van der Waals surface area contributed by atoms with Crippen molar-refractivity contribution >= 4 is 16.8 Å². The summed E-state index contributed by atoms with van der Waals surface area (Å²) in [6, 6.07) is 13.9. The van der Waals surface area contributed by atoms with E-state index >= 15 is 0 Å². The van der Waals surface area contributed by atoms with Gasteiger partial charge in [0.05, 0.1) is 13.7 Å². The highest BCUT2D eigenvalue weighted by Crippen LogP contribution is 2.32. The molecule has 0 bridgehead atoms. The van der Waals surface area contributed by atoms with Crippen LogP contribution in [0.3, 0.4) is 0 Å². The number of hydrogen-bond acceptors (Lipinski definition) is 3. The van der Waals surface area contributed by atoms with Crippen LogP contribution in [0.4, 0.5) is 0 Å². The number of fused-ring (bicyclic) bond motifs is 3. The lowest BCUT2D eigenvalue weighted by Gasteiger charge is -2.22. The minimum Gasteiger partial charge on any atom is -0.497 e. The van der Waals surface area contributed by atoms with Gasteiger partial charge in [0.1, 0.15) is 18.1 Å². The number of H-pyrrole nitrogens is 1. The average Bonchev–Trinajstić information content (AvgIpc) is 3.08. The molecule has 2 aromatic carbocycles. The van der Waals surface area contributed by atoms with Gasteiger partial charge in [0.2, 0.25) is 5.91 Å². The quantitative estimate of drug-likeness (QED) is 0.642. The molecular formula is C23H26N2O3. The van der Waals surface area contributed by atoms with Crippen molar-refractivity contribution in [1.29, 1.82) is 0 Å². The number of carbonyl (C=O) groups is 1. The van der Waals surface area contributed by atoms with Gasteiger partial charge in [-0.15, -0.1) is 0 Å². The van der Waals surface area contributed by atoms with Crippen molar-refractivity contribution in [3.8, 4) is 11.5 Å². The Labute approximate surface area is 165 Å². The van der Waals surface area contributed by atoms with Crippen LogP contribution in [0.25, 0.3) is 10.9 Å². The van der Waals surface area contributed by atoms with E-state index in [-0.39, 0.29) is 11.8 Å². The summed E-state index contributed by atoms with van der Waals surface area (Å²) in [7, 11) is 1.64. The van der Waals surface area contributed by atoms with Gasteiger partial charge < -0.3 is 19.8 Å². The van der Waals surface area contributed by atoms with Gasteiger partial charge in [0, 0.05) is 22.5 Å². The Bertz CT molecular complexity index is 975. The Balaban J connectivity index is 1.31. The smallest absolute Gasteiger partial charge is 0.223 e. The molecule has 0 aliphatic heterocycles. The zero-order valence-electron chi connectivity index (χ0n) is 16.4. The van der Waals surface area contributed by atoms with Crippen molar-refractivity contribution in [2.75, 3.05) is 20.3 Å². The number of benzene rings is 2. The number of aromatic nitrogens is 1. The number of hydrogen-bond donors (Lipinski definition) is 2. The maximum absolute atomic E-state index is 12.6. The largest absolute Gasteiger partial charge is 0.497 e. The first-order valence-corrected chi connectivity index (χ1v) is 9.78. The molecule has 5 nitrogen and oxygen atoms in total. The number of amides is 1. The van der Waals surface area contributed by atoms with E-state index in [9.17, 15) is 4.79 Å². The Hall–Kier alpha value is -2.95. The summed E-state index contributed by atoms with van der Waals surface area (Å²) in [5, 5.41) is 4.29. The second-order valence-electron chi connectivity index (χ2n) is 7.39. The molecule has 0 spiro atoms. The molecule has 2 N–H and O–H groups in total. The van der Waals surface area contributed by atoms with E-state index in [0.717, 1.165) is 30.8 Å². The topological polar surface area (TPSA) is 63.4 Å². The zero-order chi connectivity index (χ0) is 19.5. The second kappa shape index (κ2) is 7.97. The van der Waals surface area contributed by atoms with Crippen LogP contribution in [0.15, 0.2) is 42.5 Å². The summed E-state index contributed by atoms with van der Waals surface area (Å²) in [5.74, 6) is 1.70. The highest BCUT2D eigenvalue weighted by atomic mass is 16.5. The maximum Gasteiger partial charge on any atom is 0.223 e. The maximum atomic E-state index is 12.6. The van der Waals surface area contributed by atoms with E-state index in [1.54, 1.807) is 7.11 Å². The van der Waals surface area contributed by atoms with E-state index in [2.05, 4.69) is 35.4 Å². The fraction of sp³-hybridized carbons (Fsp3) is 0.348. The number of rotatable bonds is 6. The van der Waals surface area contributed by atoms with Crippen molar-refractivity contribution in [2.45, 2.75) is 26.2 Å². The first-order chi connectivity index (χ1) is 13.6. The van der Waals surface area contributed by atoms with Gasteiger partial charge in [0.15, 0.2) is 0 Å². The number of carbonyl (C=O) groups excluding carboxylic acids is 1. The monoisotopic (exact) mass is 378 g/mol. The summed E-state index contributed by atoms with van der Waals surface area (Å²) in [6.07, 6.45) is 2.59. The third-order valence-electron chi connectivity index (χ3n) is 5.44. The first kappa shape index (κ1) is 18.4. The molecule has 0 fully saturated rings. The SMILES string of the molecule is COc1ccc(OCCNC(=O)C2CCc3[nH]c4ccc(C)cc4c3C2)cc1. The van der Waals surface area contributed by atoms with Gasteiger partial charge in [-0.25, -0.2) is 0 Å². The lowest BCUT2D eigenvalue weighted by Crippen LogP contribution is -2.36. The van der Waals surface area contributed by atoms with Gasteiger partial charge >= 0.3 is 0 Å². The molecule has 1 heterocycles. The average molecular weight is 378 g/mol. The van der Waals surface area contributed by atoms with Crippen LogP contribution in [0.5, 0.6) is 11.5 Å². The lowest BCUT2D eigenvalue weighted by molar-refractivity contribution is -0.125. The van der Waals surface area contributed by atoms with Crippen LogP contribution < -0.4 is 14.8 Å². The van der Waals surface area contributed by atoms with Crippen LogP contribution in [0.2, 0.25) is 0 Å². The van der Waals surface area contributed by atoms with Gasteiger partial charge in [-0.1, -0.05) is 11.6 Å². The Morgan fingerprint density at radius 2 is 1.96 bits per heavy atom. The highest BCUT2D eigenvalue weighted by molar-refractivity contribution is 5.87. The molecule has 1 aliphatic carbocycles. The minimum atomic E-state index is 0.0213. The normalized spacial score (nSPS) is 15.9. The van der Waals surface area contributed by atoms with Crippen molar-refractivity contribution in [2.24, 2.45) is 5.92 Å². The highest BCUT2D eigenvalue weighted by Gasteiger charge is 2.27. The van der Waals surface area contributed by atoms with E-state index in [0.29, 0.717) is 13.2 Å². The van der Waals surface area contributed by atoms with Crippen molar-refractivity contribution in [3.05, 3.63) is 59.3 Å². The van der Waals surface area contributed by atoms with Gasteiger partial charge in [-0.05, 0) is 68.1 Å². The molecule has 3 aromatic rings. The van der Waals surface area contributed by atoms with Crippen molar-refractivity contribution in [1.82, 2.24) is 10.3 Å². The molecule has 1 aliphatic rings. The van der Waals surface area contributed by atoms with E-state index < -0.39 is 0 Å². The predicted octanol–water partition coefficient (Wildman–Crippen LogP) is 3.79. The van der Waals surface area contributed by atoms with Crippen LogP contribution in [-0.2, 0) is 17.6 Å². The Morgan fingerprint density at radius 1 is 1.18 bits per heavy atom. The lowest BCUT2D eigenvalue weighted by atomic mass is 9.85. The molecule has 0 saturated carbocycles. The fourth-order valence-electron chi connectivity index (χ4n) is 3.91. The number of methoxy groups -OCH3 is 1. The molecule has 5 heteroatoms. The minimum absolute atomic E-state index is 0.0213. The molecule has 1 amide bonds. The molecule has 0 radical (unpaired) electrons. The Kier molecular flexibility index (Phi) is 5.24. The fourth-order valence-corrected chi connectivity index (χ4v) is 3.91. The van der Waals surface area contributed by atoms with E-state index in [1.165, 1.54) is 27.7 Å². The third-order valence-corrected chi connectivity index (χ3v) is 5.44. The van der Waals surface area contributed by atoms with E-state index in [1.807, 2.05) is 24.3 Å². The molecule has 0 saturated heterocycles. The van der Waals surface area contributed by atoms with Crippen LogP contribution in [-0.4, -0.2) is 31.2 Å². The molecule has 1 atom stereocenters. The molecule has 4 rings (SSSR count). The Morgan fingerprint density at radius 3 is 2.75 bits per heavy atom. The number of aryl methyl sites for hydroxylation is 2. The summed E-state index contributed by atoms with van der Waals surface area (Å²) in [6.45, 7) is 3.05. The number of ether oxygens (including phenoxy) is 2. The summed E-state index contributed by atoms with van der Waals surface area (Å²) in [5.41, 5.74) is 5.01. The van der Waals surface area contributed by atoms with Gasteiger partial charge in [-0.2, -0.15) is 0 Å². The second-order valence-corrected chi connectivity index (χ2v) is 7.39. The number of aromatic amines is 1.